The summed E-state index contributed by atoms with van der Waals surface area (Å²) in [6, 6.07) is 12.0. The Labute approximate surface area is 154 Å². The van der Waals surface area contributed by atoms with E-state index in [9.17, 15) is 9.90 Å². The number of nitrogens with zero attached hydrogens (tertiary/aromatic N) is 1. The van der Waals surface area contributed by atoms with Gasteiger partial charge < -0.3 is 14.6 Å². The van der Waals surface area contributed by atoms with Gasteiger partial charge in [0.05, 0.1) is 24.8 Å². The van der Waals surface area contributed by atoms with Crippen molar-refractivity contribution in [2.24, 2.45) is 0 Å². The van der Waals surface area contributed by atoms with Crippen molar-refractivity contribution in [1.82, 2.24) is 0 Å². The quantitative estimate of drug-likeness (QED) is 0.650. The van der Waals surface area contributed by atoms with Crippen LogP contribution < -0.4 is 14.4 Å². The highest BCUT2D eigenvalue weighted by Crippen LogP contribution is 2.39. The Bertz CT molecular complexity index is 879. The number of hydrogen-bond donors (Lipinski definition) is 1. The minimum Gasteiger partial charge on any atom is -0.506 e. The SMILES string of the molecule is COc1ccc(/C=C2\SC(=S)N(c3ccccc3O)C2=O)cc1OC. The van der Waals surface area contributed by atoms with Crippen molar-refractivity contribution in [1.29, 1.82) is 0 Å². The van der Waals surface area contributed by atoms with Crippen LogP contribution in [-0.4, -0.2) is 29.6 Å². The number of thiocarbonyl (C=S) groups is 1. The van der Waals surface area contributed by atoms with Crippen LogP contribution in [0.4, 0.5) is 5.69 Å². The number of phenols is 1. The lowest BCUT2D eigenvalue weighted by atomic mass is 10.2. The zero-order chi connectivity index (χ0) is 18.0. The van der Waals surface area contributed by atoms with Crippen molar-refractivity contribution in [3.63, 3.8) is 0 Å². The lowest BCUT2D eigenvalue weighted by Crippen LogP contribution is -2.27. The fourth-order valence-electron chi connectivity index (χ4n) is 2.42. The van der Waals surface area contributed by atoms with Crippen molar-refractivity contribution < 1.29 is 19.4 Å². The molecule has 0 unspecified atom stereocenters. The number of anilines is 1. The van der Waals surface area contributed by atoms with Crippen LogP contribution in [0, 0.1) is 0 Å². The maximum atomic E-state index is 12.7. The van der Waals surface area contributed by atoms with Gasteiger partial charge in [0.15, 0.2) is 15.8 Å². The minimum atomic E-state index is -0.272. The van der Waals surface area contributed by atoms with E-state index in [0.717, 1.165) is 5.56 Å². The summed E-state index contributed by atoms with van der Waals surface area (Å²) >= 11 is 6.50. The third-order valence-corrected chi connectivity index (χ3v) is 4.92. The second-order valence-corrected chi connectivity index (χ2v) is 6.80. The molecule has 0 spiro atoms. The van der Waals surface area contributed by atoms with Gasteiger partial charge in [0.1, 0.15) is 5.75 Å². The van der Waals surface area contributed by atoms with Crippen molar-refractivity contribution in [2.75, 3.05) is 19.1 Å². The summed E-state index contributed by atoms with van der Waals surface area (Å²) < 4.78 is 10.9. The Hall–Kier alpha value is -2.51. The number of carbonyl (C=O) groups excluding carboxylic acids is 1. The highest BCUT2D eigenvalue weighted by Gasteiger charge is 2.34. The van der Waals surface area contributed by atoms with E-state index in [4.69, 9.17) is 21.7 Å². The number of rotatable bonds is 4. The molecule has 1 saturated heterocycles. The molecule has 128 valence electrons. The van der Waals surface area contributed by atoms with Crippen molar-refractivity contribution >= 4 is 46.0 Å². The molecule has 2 aromatic rings. The Morgan fingerprint density at radius 2 is 1.84 bits per heavy atom. The highest BCUT2D eigenvalue weighted by atomic mass is 32.2. The van der Waals surface area contributed by atoms with E-state index >= 15 is 0 Å². The molecule has 1 aliphatic heterocycles. The first-order valence-electron chi connectivity index (χ1n) is 7.33. The van der Waals surface area contributed by atoms with Crippen LogP contribution in [0.15, 0.2) is 47.4 Å². The van der Waals surface area contributed by atoms with E-state index in [0.29, 0.717) is 26.4 Å². The molecule has 3 rings (SSSR count). The molecule has 0 atom stereocenters. The molecule has 1 N–H and O–H groups in total. The van der Waals surface area contributed by atoms with Crippen molar-refractivity contribution in [3.05, 3.63) is 52.9 Å². The van der Waals surface area contributed by atoms with Gasteiger partial charge >= 0.3 is 0 Å². The van der Waals surface area contributed by atoms with Crippen LogP contribution in [0.3, 0.4) is 0 Å². The van der Waals surface area contributed by atoms with Crippen molar-refractivity contribution in [3.8, 4) is 17.2 Å². The van der Waals surface area contributed by atoms with Gasteiger partial charge in [-0.2, -0.15) is 0 Å². The number of thioether (sulfide) groups is 1. The van der Waals surface area contributed by atoms with Crippen molar-refractivity contribution in [2.45, 2.75) is 0 Å². The molecule has 0 bridgehead atoms. The van der Waals surface area contributed by atoms with E-state index in [-0.39, 0.29) is 11.7 Å². The number of phenolic OH excluding ortho intramolecular Hbond substituents is 1. The molecular formula is C18H15NO4S2. The third kappa shape index (κ3) is 3.33. The number of carbonyl (C=O) groups is 1. The Kier molecular flexibility index (Phi) is 4.96. The molecular weight excluding hydrogens is 358 g/mol. The predicted molar refractivity (Wildman–Crippen MR) is 103 cm³/mol. The van der Waals surface area contributed by atoms with Gasteiger partial charge in [0.2, 0.25) is 0 Å². The molecule has 1 heterocycles. The largest absolute Gasteiger partial charge is 0.506 e. The summed E-state index contributed by atoms with van der Waals surface area (Å²) in [5.74, 6) is 0.922. The second kappa shape index (κ2) is 7.16. The number of para-hydroxylation sites is 2. The number of ether oxygens (including phenoxy) is 2. The summed E-state index contributed by atoms with van der Waals surface area (Å²) in [5.41, 5.74) is 1.16. The predicted octanol–water partition coefficient (Wildman–Crippen LogP) is 3.82. The van der Waals surface area contributed by atoms with Gasteiger partial charge in [-0.15, -0.1) is 0 Å². The first-order chi connectivity index (χ1) is 12.0. The fraction of sp³-hybridized carbons (Fsp3) is 0.111. The van der Waals surface area contributed by atoms with Gasteiger partial charge in [0, 0.05) is 0 Å². The van der Waals surface area contributed by atoms with Crippen LogP contribution in [0.1, 0.15) is 5.56 Å². The molecule has 7 heteroatoms. The van der Waals surface area contributed by atoms with Crippen LogP contribution >= 0.6 is 24.0 Å². The molecule has 0 aromatic heterocycles. The Balaban J connectivity index is 1.95. The molecule has 0 aliphatic carbocycles. The maximum Gasteiger partial charge on any atom is 0.270 e. The zero-order valence-electron chi connectivity index (χ0n) is 13.6. The van der Waals surface area contributed by atoms with Crippen LogP contribution in [0.25, 0.3) is 6.08 Å². The molecule has 25 heavy (non-hydrogen) atoms. The number of amides is 1. The molecule has 1 fully saturated rings. The van der Waals surface area contributed by atoms with Gasteiger partial charge in [0.25, 0.3) is 5.91 Å². The normalized spacial score (nSPS) is 15.8. The molecule has 0 radical (unpaired) electrons. The third-order valence-electron chi connectivity index (χ3n) is 3.62. The van der Waals surface area contributed by atoms with E-state index in [1.54, 1.807) is 50.6 Å². The smallest absolute Gasteiger partial charge is 0.270 e. The first kappa shape index (κ1) is 17.3. The average Bonchev–Trinajstić information content (AvgIpc) is 2.89. The van der Waals surface area contributed by atoms with E-state index in [2.05, 4.69) is 0 Å². The maximum absolute atomic E-state index is 12.7. The van der Waals surface area contributed by atoms with Crippen LogP contribution in [0.2, 0.25) is 0 Å². The minimum absolute atomic E-state index is 0.00571. The summed E-state index contributed by atoms with van der Waals surface area (Å²) in [7, 11) is 3.12. The van der Waals surface area contributed by atoms with Gasteiger partial charge in [-0.1, -0.05) is 42.2 Å². The molecule has 1 aliphatic rings. The Morgan fingerprint density at radius 3 is 2.52 bits per heavy atom. The number of aromatic hydroxyl groups is 1. The van der Waals surface area contributed by atoms with Crippen LogP contribution in [0.5, 0.6) is 17.2 Å². The van der Waals surface area contributed by atoms with E-state index in [1.165, 1.54) is 22.7 Å². The molecule has 0 saturated carbocycles. The van der Waals surface area contributed by atoms with Gasteiger partial charge in [-0.25, -0.2) is 0 Å². The van der Waals surface area contributed by atoms with Crippen LogP contribution in [-0.2, 0) is 4.79 Å². The zero-order valence-corrected chi connectivity index (χ0v) is 15.2. The second-order valence-electron chi connectivity index (χ2n) is 5.12. The lowest BCUT2D eigenvalue weighted by Gasteiger charge is -2.15. The van der Waals surface area contributed by atoms with Gasteiger partial charge in [-0.3, -0.25) is 9.69 Å². The standard InChI is InChI=1S/C18H15NO4S2/c1-22-14-8-7-11(9-15(14)23-2)10-16-17(21)19(18(24)25-16)12-5-3-4-6-13(12)20/h3-10,20H,1-2H3/b16-10-. The summed E-state index contributed by atoms with van der Waals surface area (Å²) in [6.07, 6.45) is 1.74. The summed E-state index contributed by atoms with van der Waals surface area (Å²) in [4.78, 5) is 14.5. The number of benzene rings is 2. The number of methoxy groups -OCH3 is 2. The monoisotopic (exact) mass is 373 g/mol. The Morgan fingerprint density at radius 1 is 1.12 bits per heavy atom. The molecule has 2 aromatic carbocycles. The number of hydrogen-bond acceptors (Lipinski definition) is 6. The summed E-state index contributed by atoms with van der Waals surface area (Å²) in [6.45, 7) is 0. The first-order valence-corrected chi connectivity index (χ1v) is 8.55. The molecule has 1 amide bonds. The molecule has 5 nitrogen and oxygen atoms in total. The fourth-order valence-corrected chi connectivity index (χ4v) is 3.71. The van der Waals surface area contributed by atoms with Gasteiger partial charge in [-0.05, 0) is 35.9 Å². The lowest BCUT2D eigenvalue weighted by molar-refractivity contribution is -0.113. The van der Waals surface area contributed by atoms with E-state index < -0.39 is 0 Å². The average molecular weight is 373 g/mol. The topological polar surface area (TPSA) is 59.0 Å². The van der Waals surface area contributed by atoms with E-state index in [1.807, 2.05) is 6.07 Å². The highest BCUT2D eigenvalue weighted by molar-refractivity contribution is 8.27. The summed E-state index contributed by atoms with van der Waals surface area (Å²) in [5, 5.41) is 10.00.